The number of hydrogen-bond donors (Lipinski definition) is 3. The summed E-state index contributed by atoms with van der Waals surface area (Å²) in [6.07, 6.45) is 4.26. The van der Waals surface area contributed by atoms with Gasteiger partial charge in [-0.2, -0.15) is 0 Å². The third kappa shape index (κ3) is 5.05. The molecule has 2 heterocycles. The quantitative estimate of drug-likeness (QED) is 0.466. The monoisotopic (exact) mass is 461 g/mol. The molecule has 9 heteroatoms. The number of hydrogen-bond acceptors (Lipinski definition) is 6. The standard InChI is InChI=1S/C25H27N5O4/c1-16(31)18-4-3-5-19(14-18)28-25(33)29-21-7-6-20-23(22(21)17-8-10-26-11-9-17)24(32)30(15-27-20)12-13-34-2/h3-8,14-15,26H,9-13H2,1-2H3,(H2,28,29,33). The number of nitrogens with zero attached hydrogens (tertiary/aromatic N) is 2. The number of aromatic nitrogens is 2. The molecule has 4 rings (SSSR count). The van der Waals surface area contributed by atoms with Crippen LogP contribution < -0.4 is 21.5 Å². The number of ketones is 1. The zero-order valence-corrected chi connectivity index (χ0v) is 19.2. The van der Waals surface area contributed by atoms with Crippen molar-refractivity contribution in [2.24, 2.45) is 0 Å². The van der Waals surface area contributed by atoms with Gasteiger partial charge in [0.2, 0.25) is 0 Å². The summed E-state index contributed by atoms with van der Waals surface area (Å²) in [5, 5.41) is 9.39. The molecule has 1 aliphatic heterocycles. The lowest BCUT2D eigenvalue weighted by Crippen LogP contribution is -2.26. The SMILES string of the molecule is COCCn1cnc2ccc(NC(=O)Nc3cccc(C(C)=O)c3)c(C3=CCNCC3)c2c1=O. The number of ether oxygens (including phenoxy) is 1. The Labute approximate surface area is 196 Å². The third-order valence-electron chi connectivity index (χ3n) is 5.69. The first kappa shape index (κ1) is 23.3. The van der Waals surface area contributed by atoms with E-state index in [1.165, 1.54) is 17.8 Å². The van der Waals surface area contributed by atoms with Gasteiger partial charge in [-0.25, -0.2) is 9.78 Å². The van der Waals surface area contributed by atoms with E-state index in [1.54, 1.807) is 43.5 Å². The topological polar surface area (TPSA) is 114 Å². The van der Waals surface area contributed by atoms with E-state index < -0.39 is 6.03 Å². The van der Waals surface area contributed by atoms with Gasteiger partial charge in [-0.1, -0.05) is 18.2 Å². The highest BCUT2D eigenvalue weighted by atomic mass is 16.5. The van der Waals surface area contributed by atoms with Gasteiger partial charge in [0, 0.05) is 30.5 Å². The fourth-order valence-corrected chi connectivity index (χ4v) is 3.98. The summed E-state index contributed by atoms with van der Waals surface area (Å²) < 4.78 is 6.64. The van der Waals surface area contributed by atoms with Gasteiger partial charge in [-0.3, -0.25) is 14.2 Å². The number of nitrogens with one attached hydrogen (secondary N) is 3. The molecule has 0 spiro atoms. The van der Waals surface area contributed by atoms with Crippen LogP contribution in [-0.4, -0.2) is 48.2 Å². The minimum atomic E-state index is -0.473. The maximum absolute atomic E-state index is 13.4. The highest BCUT2D eigenvalue weighted by Gasteiger charge is 2.20. The second-order valence-corrected chi connectivity index (χ2v) is 8.02. The molecule has 3 aromatic rings. The Kier molecular flexibility index (Phi) is 7.15. The van der Waals surface area contributed by atoms with E-state index in [0.717, 1.165) is 12.1 Å². The minimum absolute atomic E-state index is 0.0871. The zero-order chi connectivity index (χ0) is 24.1. The summed E-state index contributed by atoms with van der Waals surface area (Å²) in [5.74, 6) is -0.0871. The first-order valence-electron chi connectivity index (χ1n) is 11.1. The van der Waals surface area contributed by atoms with Crippen LogP contribution in [0.25, 0.3) is 16.5 Å². The fourth-order valence-electron chi connectivity index (χ4n) is 3.98. The number of Topliss-reactive ketones (excluding diaryl/α,β-unsaturated/α-hetero) is 1. The highest BCUT2D eigenvalue weighted by molar-refractivity contribution is 6.06. The normalized spacial score (nSPS) is 13.4. The van der Waals surface area contributed by atoms with Crippen molar-refractivity contribution < 1.29 is 14.3 Å². The molecule has 0 saturated carbocycles. The smallest absolute Gasteiger partial charge is 0.323 e. The van der Waals surface area contributed by atoms with Crippen molar-refractivity contribution in [1.82, 2.24) is 14.9 Å². The summed E-state index contributed by atoms with van der Waals surface area (Å²) in [5.41, 5.74) is 3.55. The molecule has 2 amide bonds. The average molecular weight is 462 g/mol. The van der Waals surface area contributed by atoms with Crippen LogP contribution in [0.4, 0.5) is 16.2 Å². The molecule has 1 aliphatic rings. The predicted molar refractivity (Wildman–Crippen MR) is 132 cm³/mol. The molecular weight excluding hydrogens is 434 g/mol. The Hall–Kier alpha value is -3.82. The predicted octanol–water partition coefficient (Wildman–Crippen LogP) is 3.27. The van der Waals surface area contributed by atoms with E-state index in [-0.39, 0.29) is 11.3 Å². The van der Waals surface area contributed by atoms with E-state index in [2.05, 4.69) is 20.9 Å². The lowest BCUT2D eigenvalue weighted by atomic mass is 9.94. The molecule has 0 bridgehead atoms. The Morgan fingerprint density at radius 3 is 2.79 bits per heavy atom. The van der Waals surface area contributed by atoms with Crippen LogP contribution in [0.2, 0.25) is 0 Å². The number of methoxy groups -OCH3 is 1. The van der Waals surface area contributed by atoms with Crippen molar-refractivity contribution in [2.75, 3.05) is 37.4 Å². The van der Waals surface area contributed by atoms with Crippen LogP contribution in [0, 0.1) is 0 Å². The van der Waals surface area contributed by atoms with Crippen LogP contribution in [0.1, 0.15) is 29.3 Å². The molecule has 176 valence electrons. The molecule has 1 aromatic heterocycles. The number of urea groups is 1. The first-order valence-corrected chi connectivity index (χ1v) is 11.1. The van der Waals surface area contributed by atoms with Crippen molar-refractivity contribution in [3.63, 3.8) is 0 Å². The number of benzene rings is 2. The molecule has 0 fully saturated rings. The Bertz CT molecular complexity index is 1330. The van der Waals surface area contributed by atoms with E-state index in [1.807, 2.05) is 6.08 Å². The number of anilines is 2. The van der Waals surface area contributed by atoms with E-state index >= 15 is 0 Å². The highest BCUT2D eigenvalue weighted by Crippen LogP contribution is 2.32. The number of carbonyl (C=O) groups is 2. The molecule has 34 heavy (non-hydrogen) atoms. The van der Waals surface area contributed by atoms with E-state index in [4.69, 9.17) is 4.74 Å². The maximum atomic E-state index is 13.4. The lowest BCUT2D eigenvalue weighted by Gasteiger charge is -2.20. The van der Waals surface area contributed by atoms with Crippen molar-refractivity contribution in [3.05, 3.63) is 70.3 Å². The van der Waals surface area contributed by atoms with Crippen LogP contribution >= 0.6 is 0 Å². The van der Waals surface area contributed by atoms with E-state index in [0.29, 0.717) is 59.5 Å². The second-order valence-electron chi connectivity index (χ2n) is 8.02. The van der Waals surface area contributed by atoms with Crippen LogP contribution in [0.15, 0.2) is 53.6 Å². The first-order chi connectivity index (χ1) is 16.5. The summed E-state index contributed by atoms with van der Waals surface area (Å²) in [6, 6.07) is 9.75. The van der Waals surface area contributed by atoms with Gasteiger partial charge in [-0.15, -0.1) is 0 Å². The van der Waals surface area contributed by atoms with Gasteiger partial charge in [-0.05, 0) is 49.7 Å². The fraction of sp³-hybridized carbons (Fsp3) is 0.280. The largest absolute Gasteiger partial charge is 0.383 e. The number of amides is 2. The van der Waals surface area contributed by atoms with Gasteiger partial charge in [0.05, 0.1) is 36.1 Å². The number of carbonyl (C=O) groups excluding carboxylic acids is 2. The molecule has 9 nitrogen and oxygen atoms in total. The Morgan fingerprint density at radius 1 is 1.21 bits per heavy atom. The maximum Gasteiger partial charge on any atom is 0.323 e. The molecular formula is C25H27N5O4. The Balaban J connectivity index is 1.74. The molecule has 2 aromatic carbocycles. The van der Waals surface area contributed by atoms with Crippen molar-refractivity contribution >= 4 is 39.7 Å². The van der Waals surface area contributed by atoms with Crippen molar-refractivity contribution in [1.29, 1.82) is 0 Å². The molecule has 0 radical (unpaired) electrons. The van der Waals surface area contributed by atoms with Crippen LogP contribution in [0.5, 0.6) is 0 Å². The second kappa shape index (κ2) is 10.4. The third-order valence-corrected chi connectivity index (χ3v) is 5.69. The number of fused-ring (bicyclic) bond motifs is 1. The van der Waals surface area contributed by atoms with Crippen molar-refractivity contribution in [2.45, 2.75) is 19.9 Å². The van der Waals surface area contributed by atoms with Crippen molar-refractivity contribution in [3.8, 4) is 0 Å². The molecule has 0 aliphatic carbocycles. The van der Waals surface area contributed by atoms with Gasteiger partial charge in [0.15, 0.2) is 5.78 Å². The Morgan fingerprint density at radius 2 is 2.06 bits per heavy atom. The van der Waals surface area contributed by atoms with Gasteiger partial charge >= 0.3 is 6.03 Å². The zero-order valence-electron chi connectivity index (χ0n) is 19.2. The number of rotatable bonds is 7. The van der Waals surface area contributed by atoms with Gasteiger partial charge < -0.3 is 20.7 Å². The van der Waals surface area contributed by atoms with Gasteiger partial charge in [0.25, 0.3) is 5.56 Å². The summed E-state index contributed by atoms with van der Waals surface area (Å²) in [6.45, 7) is 3.68. The summed E-state index contributed by atoms with van der Waals surface area (Å²) >= 11 is 0. The average Bonchev–Trinajstić information content (AvgIpc) is 2.84. The van der Waals surface area contributed by atoms with Crippen LogP contribution in [0.3, 0.4) is 0 Å². The van der Waals surface area contributed by atoms with Crippen LogP contribution in [-0.2, 0) is 11.3 Å². The summed E-state index contributed by atoms with van der Waals surface area (Å²) in [4.78, 5) is 42.4. The molecule has 3 N–H and O–H groups in total. The molecule has 0 unspecified atom stereocenters. The molecule has 0 saturated heterocycles. The molecule has 0 atom stereocenters. The lowest BCUT2D eigenvalue weighted by molar-refractivity contribution is 0.101. The summed E-state index contributed by atoms with van der Waals surface area (Å²) in [7, 11) is 1.58. The van der Waals surface area contributed by atoms with E-state index in [9.17, 15) is 14.4 Å². The van der Waals surface area contributed by atoms with Gasteiger partial charge in [0.1, 0.15) is 0 Å². The minimum Gasteiger partial charge on any atom is -0.383 e.